The zero-order chi connectivity index (χ0) is 18.3. The van der Waals surface area contributed by atoms with Crippen LogP contribution in [0.2, 0.25) is 0 Å². The molecular weight excluding hydrogens is 334 g/mol. The van der Waals surface area contributed by atoms with Crippen LogP contribution < -0.4 is 10.9 Å². The number of hydrogen-bond acceptors (Lipinski definition) is 5. The smallest absolute Gasteiger partial charge is 0.272 e. The van der Waals surface area contributed by atoms with E-state index in [2.05, 4.69) is 15.5 Å². The van der Waals surface area contributed by atoms with Gasteiger partial charge in [0, 0.05) is 18.5 Å². The summed E-state index contributed by atoms with van der Waals surface area (Å²) in [7, 11) is 1.80. The number of fused-ring (bicyclic) bond motifs is 1. The van der Waals surface area contributed by atoms with Crippen molar-refractivity contribution in [2.75, 3.05) is 13.2 Å². The van der Waals surface area contributed by atoms with Gasteiger partial charge in [0.25, 0.3) is 11.5 Å². The molecule has 0 saturated carbocycles. The van der Waals surface area contributed by atoms with Gasteiger partial charge in [0.2, 0.25) is 0 Å². The molecule has 1 amide bonds. The molecule has 0 aliphatic carbocycles. The first-order valence-corrected chi connectivity index (χ1v) is 8.41. The van der Waals surface area contributed by atoms with Gasteiger partial charge >= 0.3 is 0 Å². The van der Waals surface area contributed by atoms with Crippen molar-refractivity contribution in [1.29, 1.82) is 0 Å². The zero-order valence-corrected chi connectivity index (χ0v) is 14.5. The molecule has 1 aliphatic heterocycles. The highest BCUT2D eigenvalue weighted by Crippen LogP contribution is 2.20. The van der Waals surface area contributed by atoms with Crippen LogP contribution in [0.3, 0.4) is 0 Å². The Hall–Kier alpha value is -3.00. The fraction of sp³-hybridized carbons (Fsp3) is 0.333. The summed E-state index contributed by atoms with van der Waals surface area (Å²) in [6, 6.07) is 10.0. The van der Waals surface area contributed by atoms with E-state index in [0.29, 0.717) is 18.9 Å². The van der Waals surface area contributed by atoms with Crippen LogP contribution >= 0.6 is 0 Å². The molecule has 2 unspecified atom stereocenters. The monoisotopic (exact) mass is 353 g/mol. The van der Waals surface area contributed by atoms with E-state index >= 15 is 0 Å². The van der Waals surface area contributed by atoms with E-state index in [0.717, 1.165) is 16.6 Å². The lowest BCUT2D eigenvalue weighted by Crippen LogP contribution is -2.44. The molecule has 1 saturated heterocycles. The van der Waals surface area contributed by atoms with Crippen molar-refractivity contribution in [2.45, 2.75) is 19.0 Å². The predicted molar refractivity (Wildman–Crippen MR) is 95.1 cm³/mol. The Kier molecular flexibility index (Phi) is 4.04. The van der Waals surface area contributed by atoms with Gasteiger partial charge in [-0.05, 0) is 19.1 Å². The van der Waals surface area contributed by atoms with Gasteiger partial charge in [-0.1, -0.05) is 18.2 Å². The molecule has 0 bridgehead atoms. The molecule has 134 valence electrons. The predicted octanol–water partition coefficient (Wildman–Crippen LogP) is 0.808. The van der Waals surface area contributed by atoms with Crippen molar-refractivity contribution >= 4 is 16.8 Å². The Morgan fingerprint density at radius 1 is 1.19 bits per heavy atom. The van der Waals surface area contributed by atoms with Crippen LogP contribution in [0, 0.1) is 6.92 Å². The summed E-state index contributed by atoms with van der Waals surface area (Å²) >= 11 is 0. The van der Waals surface area contributed by atoms with Gasteiger partial charge < -0.3 is 10.1 Å². The number of aromatic nitrogens is 4. The molecule has 3 heterocycles. The third kappa shape index (κ3) is 2.78. The first-order chi connectivity index (χ1) is 12.5. The second-order valence-electron chi connectivity index (χ2n) is 6.43. The van der Waals surface area contributed by atoms with Gasteiger partial charge in [0.1, 0.15) is 6.04 Å². The SMILES string of the molecule is Cc1ccc(=O)n(C2COCC2NC(=O)c2nn(C)c3ccccc23)n1. The lowest BCUT2D eigenvalue weighted by atomic mass is 10.1. The first kappa shape index (κ1) is 16.5. The number of benzene rings is 1. The summed E-state index contributed by atoms with van der Waals surface area (Å²) in [5.74, 6) is -0.289. The van der Waals surface area contributed by atoms with Crippen molar-refractivity contribution in [1.82, 2.24) is 24.9 Å². The summed E-state index contributed by atoms with van der Waals surface area (Å²) in [5, 5.41) is 12.4. The van der Waals surface area contributed by atoms with Crippen LogP contribution in [0.25, 0.3) is 10.9 Å². The molecule has 0 radical (unpaired) electrons. The van der Waals surface area contributed by atoms with E-state index in [-0.39, 0.29) is 23.6 Å². The molecule has 4 rings (SSSR count). The zero-order valence-electron chi connectivity index (χ0n) is 14.5. The molecule has 1 aliphatic rings. The minimum Gasteiger partial charge on any atom is -0.377 e. The lowest BCUT2D eigenvalue weighted by Gasteiger charge is -2.20. The summed E-state index contributed by atoms with van der Waals surface area (Å²) in [5.41, 5.74) is 1.76. The van der Waals surface area contributed by atoms with E-state index in [4.69, 9.17) is 4.74 Å². The Bertz CT molecular complexity index is 1040. The van der Waals surface area contributed by atoms with Gasteiger partial charge in [0.15, 0.2) is 5.69 Å². The van der Waals surface area contributed by atoms with Crippen molar-refractivity contribution in [3.05, 3.63) is 58.1 Å². The number of carbonyl (C=O) groups is 1. The number of carbonyl (C=O) groups excluding carboxylic acids is 1. The van der Waals surface area contributed by atoms with Crippen molar-refractivity contribution in [2.24, 2.45) is 7.05 Å². The summed E-state index contributed by atoms with van der Waals surface area (Å²) in [4.78, 5) is 25.0. The number of rotatable bonds is 3. The highest BCUT2D eigenvalue weighted by molar-refractivity contribution is 6.04. The van der Waals surface area contributed by atoms with Crippen molar-refractivity contribution < 1.29 is 9.53 Å². The third-order valence-electron chi connectivity index (χ3n) is 4.61. The van der Waals surface area contributed by atoms with E-state index in [9.17, 15) is 9.59 Å². The van der Waals surface area contributed by atoms with Crippen LogP contribution in [0.4, 0.5) is 0 Å². The molecule has 8 heteroatoms. The highest BCUT2D eigenvalue weighted by atomic mass is 16.5. The van der Waals surface area contributed by atoms with E-state index in [1.165, 1.54) is 10.7 Å². The minimum atomic E-state index is -0.352. The van der Waals surface area contributed by atoms with Crippen LogP contribution in [-0.4, -0.2) is 44.7 Å². The number of nitrogens with zero attached hydrogens (tertiary/aromatic N) is 4. The van der Waals surface area contributed by atoms with Gasteiger partial charge in [0.05, 0.1) is 30.5 Å². The molecule has 1 aromatic carbocycles. The number of hydrogen-bond donors (Lipinski definition) is 1. The molecule has 1 N–H and O–H groups in total. The van der Waals surface area contributed by atoms with E-state index in [1.54, 1.807) is 17.8 Å². The minimum absolute atomic E-state index is 0.214. The van der Waals surface area contributed by atoms with Gasteiger partial charge in [-0.3, -0.25) is 14.3 Å². The Morgan fingerprint density at radius 2 is 2.00 bits per heavy atom. The van der Waals surface area contributed by atoms with Crippen molar-refractivity contribution in [3.8, 4) is 0 Å². The average molecular weight is 353 g/mol. The number of amides is 1. The fourth-order valence-corrected chi connectivity index (χ4v) is 3.30. The second-order valence-corrected chi connectivity index (χ2v) is 6.43. The van der Waals surface area contributed by atoms with E-state index in [1.807, 2.05) is 31.2 Å². The van der Waals surface area contributed by atoms with E-state index < -0.39 is 0 Å². The number of nitrogens with one attached hydrogen (secondary N) is 1. The summed E-state index contributed by atoms with van der Waals surface area (Å²) in [6.45, 7) is 2.47. The molecule has 1 fully saturated rings. The topological polar surface area (TPSA) is 91.0 Å². The lowest BCUT2D eigenvalue weighted by molar-refractivity contribution is 0.0920. The molecule has 8 nitrogen and oxygen atoms in total. The summed E-state index contributed by atoms with van der Waals surface area (Å²) in [6.07, 6.45) is 0. The number of para-hydroxylation sites is 1. The van der Waals surface area contributed by atoms with Gasteiger partial charge in [-0.2, -0.15) is 10.2 Å². The molecule has 2 atom stereocenters. The highest BCUT2D eigenvalue weighted by Gasteiger charge is 2.33. The number of ether oxygens (including phenoxy) is 1. The fourth-order valence-electron chi connectivity index (χ4n) is 3.30. The average Bonchev–Trinajstić information content (AvgIpc) is 3.22. The van der Waals surface area contributed by atoms with Crippen LogP contribution in [0.15, 0.2) is 41.2 Å². The number of aryl methyl sites for hydroxylation is 2. The standard InChI is InChI=1S/C18H19N5O3/c1-11-7-8-16(24)23(20-11)15-10-26-9-13(15)19-18(25)17-12-5-3-4-6-14(12)22(2)21-17/h3-8,13,15H,9-10H2,1-2H3,(H,19,25). The maximum atomic E-state index is 12.8. The van der Waals surface area contributed by atoms with Crippen molar-refractivity contribution in [3.63, 3.8) is 0 Å². The summed E-state index contributed by atoms with van der Waals surface area (Å²) < 4.78 is 8.58. The molecule has 0 spiro atoms. The van der Waals surface area contributed by atoms with Crippen LogP contribution in [0.5, 0.6) is 0 Å². The normalized spacial score (nSPS) is 19.8. The Labute approximate surface area is 149 Å². The quantitative estimate of drug-likeness (QED) is 0.752. The maximum Gasteiger partial charge on any atom is 0.272 e. The Balaban J connectivity index is 1.62. The van der Waals surface area contributed by atoms with Gasteiger partial charge in [-0.25, -0.2) is 4.68 Å². The molecule has 26 heavy (non-hydrogen) atoms. The molecule has 3 aromatic rings. The largest absolute Gasteiger partial charge is 0.377 e. The second kappa shape index (κ2) is 6.38. The Morgan fingerprint density at radius 3 is 2.85 bits per heavy atom. The van der Waals surface area contributed by atoms with Gasteiger partial charge in [-0.15, -0.1) is 0 Å². The first-order valence-electron chi connectivity index (χ1n) is 8.41. The molecular formula is C18H19N5O3. The maximum absolute atomic E-state index is 12.8. The third-order valence-corrected chi connectivity index (χ3v) is 4.61. The van der Waals surface area contributed by atoms with Crippen LogP contribution in [-0.2, 0) is 11.8 Å². The van der Waals surface area contributed by atoms with Crippen LogP contribution in [0.1, 0.15) is 22.2 Å². The molecule has 2 aromatic heterocycles.